The van der Waals surface area contributed by atoms with E-state index in [9.17, 15) is 13.6 Å². The Kier molecular flexibility index (Phi) is 7.06. The Hall–Kier alpha value is -3.94. The number of amides is 1. The number of carbonyl (C=O) groups is 1. The number of nitrogens with zero attached hydrogens (tertiary/aromatic N) is 2. The number of halogens is 2. The van der Waals surface area contributed by atoms with Crippen LogP contribution in [-0.2, 0) is 11.4 Å². The highest BCUT2D eigenvalue weighted by Crippen LogP contribution is 2.28. The summed E-state index contributed by atoms with van der Waals surface area (Å²) in [4.78, 5) is 20.6. The van der Waals surface area contributed by atoms with Crippen molar-refractivity contribution < 1.29 is 27.9 Å². The van der Waals surface area contributed by atoms with Crippen molar-refractivity contribution in [3.63, 3.8) is 0 Å². The van der Waals surface area contributed by atoms with Gasteiger partial charge < -0.3 is 19.2 Å². The largest absolute Gasteiger partial charge is 0.497 e. The molecule has 0 aliphatic carbocycles. The topological polar surface area (TPSA) is 60.4 Å². The summed E-state index contributed by atoms with van der Waals surface area (Å²) >= 11 is 0. The van der Waals surface area contributed by atoms with E-state index >= 15 is 0 Å². The molecule has 0 spiro atoms. The third kappa shape index (κ3) is 5.01. The van der Waals surface area contributed by atoms with Crippen LogP contribution in [0, 0.1) is 11.6 Å². The SMILES string of the molecule is COc1ccc(C(=O)N(Cc2ccccc2F)C[C@H]2CC(c3ccccc3F)=NO2)c(OC)c1. The van der Waals surface area contributed by atoms with Crippen molar-refractivity contribution in [3.05, 3.63) is 95.1 Å². The average Bonchev–Trinajstić information content (AvgIpc) is 3.32. The van der Waals surface area contributed by atoms with Crippen LogP contribution < -0.4 is 9.47 Å². The molecule has 176 valence electrons. The standard InChI is InChI=1S/C26H24F2N2O4/c1-32-18-11-12-21(25(14-18)33-2)26(31)30(15-17-7-3-5-9-22(17)27)16-19-13-24(29-34-19)20-8-4-6-10-23(20)28/h3-12,14,19H,13,15-16H2,1-2H3/t19-/m1/s1. The Morgan fingerprint density at radius 1 is 1.03 bits per heavy atom. The van der Waals surface area contributed by atoms with Gasteiger partial charge in [0.25, 0.3) is 5.91 Å². The molecule has 0 bridgehead atoms. The van der Waals surface area contributed by atoms with Gasteiger partial charge in [0.1, 0.15) is 23.1 Å². The monoisotopic (exact) mass is 466 g/mol. The molecule has 1 aliphatic heterocycles. The van der Waals surface area contributed by atoms with E-state index in [4.69, 9.17) is 14.3 Å². The fourth-order valence-corrected chi connectivity index (χ4v) is 3.82. The van der Waals surface area contributed by atoms with E-state index in [2.05, 4.69) is 5.16 Å². The van der Waals surface area contributed by atoms with E-state index in [1.807, 2.05) is 0 Å². The highest BCUT2D eigenvalue weighted by molar-refractivity contribution is 6.01. The van der Waals surface area contributed by atoms with Gasteiger partial charge in [-0.3, -0.25) is 4.79 Å². The van der Waals surface area contributed by atoms with Crippen molar-refractivity contribution in [2.24, 2.45) is 5.16 Å². The average molecular weight is 466 g/mol. The molecule has 34 heavy (non-hydrogen) atoms. The van der Waals surface area contributed by atoms with Gasteiger partial charge in [-0.05, 0) is 24.3 Å². The minimum Gasteiger partial charge on any atom is -0.497 e. The molecule has 0 N–H and O–H groups in total. The van der Waals surface area contributed by atoms with Gasteiger partial charge in [0, 0.05) is 30.2 Å². The molecule has 3 aromatic carbocycles. The second-order valence-corrected chi connectivity index (χ2v) is 7.79. The second-order valence-electron chi connectivity index (χ2n) is 7.79. The van der Waals surface area contributed by atoms with Crippen LogP contribution in [0.15, 0.2) is 71.9 Å². The van der Waals surface area contributed by atoms with Crippen molar-refractivity contribution in [2.75, 3.05) is 20.8 Å². The van der Waals surface area contributed by atoms with Crippen LogP contribution in [-0.4, -0.2) is 43.4 Å². The quantitative estimate of drug-likeness (QED) is 0.478. The van der Waals surface area contributed by atoms with Gasteiger partial charge in [0.15, 0.2) is 6.10 Å². The van der Waals surface area contributed by atoms with Gasteiger partial charge in [-0.1, -0.05) is 41.6 Å². The number of hydrogen-bond acceptors (Lipinski definition) is 5. The first-order valence-corrected chi connectivity index (χ1v) is 10.7. The maximum absolute atomic E-state index is 14.4. The Bertz CT molecular complexity index is 1210. The molecule has 0 fully saturated rings. The van der Waals surface area contributed by atoms with Crippen molar-refractivity contribution in [2.45, 2.75) is 19.1 Å². The number of rotatable bonds is 8. The lowest BCUT2D eigenvalue weighted by Crippen LogP contribution is -2.37. The smallest absolute Gasteiger partial charge is 0.258 e. The van der Waals surface area contributed by atoms with Crippen LogP contribution in [0.25, 0.3) is 0 Å². The molecule has 1 amide bonds. The zero-order chi connectivity index (χ0) is 24.1. The number of hydrogen-bond donors (Lipinski definition) is 0. The van der Waals surface area contributed by atoms with Crippen molar-refractivity contribution >= 4 is 11.6 Å². The highest BCUT2D eigenvalue weighted by Gasteiger charge is 2.30. The zero-order valence-corrected chi connectivity index (χ0v) is 18.8. The third-order valence-electron chi connectivity index (χ3n) is 5.59. The molecular formula is C26H24F2N2O4. The first-order valence-electron chi connectivity index (χ1n) is 10.7. The van der Waals surface area contributed by atoms with Crippen molar-refractivity contribution in [3.8, 4) is 11.5 Å². The van der Waals surface area contributed by atoms with E-state index in [0.717, 1.165) is 0 Å². The number of benzene rings is 3. The zero-order valence-electron chi connectivity index (χ0n) is 18.8. The predicted octanol–water partition coefficient (Wildman–Crippen LogP) is 4.82. The summed E-state index contributed by atoms with van der Waals surface area (Å²) in [5.74, 6) is -0.314. The summed E-state index contributed by atoms with van der Waals surface area (Å²) in [5, 5.41) is 4.04. The Morgan fingerprint density at radius 2 is 1.76 bits per heavy atom. The Labute approximate surface area is 196 Å². The van der Waals surface area contributed by atoms with Crippen LogP contribution in [0.2, 0.25) is 0 Å². The van der Waals surface area contributed by atoms with Gasteiger partial charge in [-0.25, -0.2) is 8.78 Å². The molecule has 4 rings (SSSR count). The first-order chi connectivity index (χ1) is 16.5. The van der Waals surface area contributed by atoms with E-state index < -0.39 is 17.7 Å². The summed E-state index contributed by atoms with van der Waals surface area (Å²) < 4.78 is 39.2. The number of carbonyl (C=O) groups excluding carboxylic acids is 1. The normalized spacial score (nSPS) is 14.8. The van der Waals surface area contributed by atoms with E-state index in [1.165, 1.54) is 31.3 Å². The number of methoxy groups -OCH3 is 2. The van der Waals surface area contributed by atoms with Crippen LogP contribution in [0.4, 0.5) is 8.78 Å². The molecule has 8 heteroatoms. The minimum atomic E-state index is -0.519. The predicted molar refractivity (Wildman–Crippen MR) is 123 cm³/mol. The van der Waals surface area contributed by atoms with Gasteiger partial charge >= 0.3 is 0 Å². The lowest BCUT2D eigenvalue weighted by molar-refractivity contribution is 0.0401. The van der Waals surface area contributed by atoms with Crippen LogP contribution in [0.1, 0.15) is 27.9 Å². The Balaban J connectivity index is 1.59. The maximum atomic E-state index is 14.4. The highest BCUT2D eigenvalue weighted by atomic mass is 19.1. The molecule has 0 saturated heterocycles. The van der Waals surface area contributed by atoms with Gasteiger partial charge in [-0.2, -0.15) is 0 Å². The Morgan fingerprint density at radius 3 is 2.47 bits per heavy atom. The van der Waals surface area contributed by atoms with E-state index in [0.29, 0.717) is 40.3 Å². The molecule has 1 aliphatic rings. The van der Waals surface area contributed by atoms with Gasteiger partial charge in [0.2, 0.25) is 0 Å². The molecule has 6 nitrogen and oxygen atoms in total. The fraction of sp³-hybridized carbons (Fsp3) is 0.231. The molecule has 0 saturated carbocycles. The van der Waals surface area contributed by atoms with Crippen LogP contribution in [0.3, 0.4) is 0 Å². The molecule has 1 heterocycles. The molecule has 0 aromatic heterocycles. The summed E-state index contributed by atoms with van der Waals surface area (Å²) in [7, 11) is 2.98. The summed E-state index contributed by atoms with van der Waals surface area (Å²) in [6, 6.07) is 17.4. The summed E-state index contributed by atoms with van der Waals surface area (Å²) in [6.07, 6.45) is -0.212. The van der Waals surface area contributed by atoms with Crippen LogP contribution in [0.5, 0.6) is 11.5 Å². The minimum absolute atomic E-state index is 0.00951. The van der Waals surface area contributed by atoms with Crippen molar-refractivity contribution in [1.29, 1.82) is 0 Å². The third-order valence-corrected chi connectivity index (χ3v) is 5.59. The second kappa shape index (κ2) is 10.3. The van der Waals surface area contributed by atoms with Gasteiger partial charge in [-0.15, -0.1) is 0 Å². The van der Waals surface area contributed by atoms with Gasteiger partial charge in [0.05, 0.1) is 32.0 Å². The molecule has 1 atom stereocenters. The molecule has 3 aromatic rings. The van der Waals surface area contributed by atoms with Crippen LogP contribution >= 0.6 is 0 Å². The lowest BCUT2D eigenvalue weighted by atomic mass is 10.0. The number of ether oxygens (including phenoxy) is 2. The molecule has 0 radical (unpaired) electrons. The maximum Gasteiger partial charge on any atom is 0.258 e. The molecular weight excluding hydrogens is 442 g/mol. The summed E-state index contributed by atoms with van der Waals surface area (Å²) in [5.41, 5.74) is 1.47. The summed E-state index contributed by atoms with van der Waals surface area (Å²) in [6.45, 7) is 0.124. The van der Waals surface area contributed by atoms with E-state index in [-0.39, 0.29) is 19.0 Å². The molecule has 0 unspecified atom stereocenters. The fourth-order valence-electron chi connectivity index (χ4n) is 3.82. The lowest BCUT2D eigenvalue weighted by Gasteiger charge is -2.26. The first kappa shape index (κ1) is 23.2. The van der Waals surface area contributed by atoms with Crippen molar-refractivity contribution in [1.82, 2.24) is 4.90 Å². The number of oxime groups is 1. The van der Waals surface area contributed by atoms with E-state index in [1.54, 1.807) is 54.6 Å².